The molecule has 0 saturated heterocycles. The number of nitrogens with one attached hydrogen (secondary N) is 3. The molecular formula is C29H37N7O6. The summed E-state index contributed by atoms with van der Waals surface area (Å²) in [6.45, 7) is 7.48. The molecule has 0 spiro atoms. The van der Waals surface area contributed by atoms with E-state index in [1.54, 1.807) is 32.2 Å². The molecule has 224 valence electrons. The molecule has 1 atom stereocenters. The van der Waals surface area contributed by atoms with Gasteiger partial charge in [0.2, 0.25) is 17.7 Å². The minimum Gasteiger partial charge on any atom is -0.493 e. The second kappa shape index (κ2) is 13.3. The van der Waals surface area contributed by atoms with Gasteiger partial charge in [-0.1, -0.05) is 13.8 Å². The zero-order chi connectivity index (χ0) is 30.4. The Morgan fingerprint density at radius 2 is 1.98 bits per heavy atom. The van der Waals surface area contributed by atoms with Crippen LogP contribution in [0.15, 0.2) is 35.4 Å². The number of hydrogen-bond donors (Lipinski definition) is 3. The van der Waals surface area contributed by atoms with Crippen molar-refractivity contribution in [3.8, 4) is 22.9 Å². The fourth-order valence-corrected chi connectivity index (χ4v) is 4.80. The Morgan fingerprint density at radius 3 is 2.69 bits per heavy atom. The molecule has 0 radical (unpaired) electrons. The largest absolute Gasteiger partial charge is 0.493 e. The topological polar surface area (TPSA) is 161 Å². The first-order valence-electron chi connectivity index (χ1n) is 13.8. The SMILES string of the molecule is COc1ccc2cc1OCCN(C(=O)Cc1c(C)nc(C)[nH]c1=O)CC(=O)N[C@H](C(C)C)C(=O)NCCn1ccnc1-2. The zero-order valence-corrected chi connectivity index (χ0v) is 24.5. The molecule has 2 aromatic heterocycles. The molecule has 0 aliphatic carbocycles. The van der Waals surface area contributed by atoms with Crippen molar-refractivity contribution in [2.24, 2.45) is 5.92 Å². The number of aromatic amines is 1. The van der Waals surface area contributed by atoms with Crippen molar-refractivity contribution in [3.05, 3.63) is 58.0 Å². The average Bonchev–Trinajstić information content (AvgIpc) is 3.40. The lowest BCUT2D eigenvalue weighted by Crippen LogP contribution is -2.53. The van der Waals surface area contributed by atoms with Gasteiger partial charge in [-0.2, -0.15) is 0 Å². The van der Waals surface area contributed by atoms with Gasteiger partial charge in [0, 0.05) is 42.3 Å². The molecule has 13 heteroatoms. The fraction of sp³-hybridized carbons (Fsp3) is 0.448. The quantitative estimate of drug-likeness (QED) is 0.412. The number of methoxy groups -OCH3 is 1. The molecule has 4 rings (SSSR count). The van der Waals surface area contributed by atoms with E-state index in [2.05, 4.69) is 25.6 Å². The molecule has 1 aliphatic rings. The summed E-state index contributed by atoms with van der Waals surface area (Å²) in [6, 6.07) is 4.61. The first-order valence-corrected chi connectivity index (χ1v) is 13.8. The summed E-state index contributed by atoms with van der Waals surface area (Å²) in [6.07, 6.45) is 3.25. The molecule has 3 N–H and O–H groups in total. The maximum atomic E-state index is 13.5. The second-order valence-electron chi connectivity index (χ2n) is 10.4. The fourth-order valence-electron chi connectivity index (χ4n) is 4.80. The summed E-state index contributed by atoms with van der Waals surface area (Å²) in [5.74, 6) is 0.549. The molecule has 3 amide bonds. The lowest BCUT2D eigenvalue weighted by molar-refractivity contribution is -0.137. The molecule has 3 aromatic rings. The number of aromatic nitrogens is 4. The molecule has 0 unspecified atom stereocenters. The molecule has 2 bridgehead atoms. The van der Waals surface area contributed by atoms with Crippen LogP contribution < -0.4 is 25.7 Å². The predicted octanol–water partition coefficient (Wildman–Crippen LogP) is 0.980. The Hall–Kier alpha value is -4.68. The second-order valence-corrected chi connectivity index (χ2v) is 10.4. The smallest absolute Gasteiger partial charge is 0.254 e. The Labute approximate surface area is 243 Å². The summed E-state index contributed by atoms with van der Waals surface area (Å²) >= 11 is 0. The van der Waals surface area contributed by atoms with Gasteiger partial charge in [0.1, 0.15) is 24.3 Å². The summed E-state index contributed by atoms with van der Waals surface area (Å²) in [4.78, 5) is 64.9. The summed E-state index contributed by atoms with van der Waals surface area (Å²) in [5, 5.41) is 5.67. The third-order valence-corrected chi connectivity index (χ3v) is 7.03. The summed E-state index contributed by atoms with van der Waals surface area (Å²) in [5.41, 5.74) is 1.03. The highest BCUT2D eigenvalue weighted by Crippen LogP contribution is 2.32. The van der Waals surface area contributed by atoms with Gasteiger partial charge in [0.15, 0.2) is 11.5 Å². The maximum absolute atomic E-state index is 13.5. The third-order valence-electron chi connectivity index (χ3n) is 7.03. The Morgan fingerprint density at radius 1 is 1.19 bits per heavy atom. The Bertz CT molecular complexity index is 1510. The zero-order valence-electron chi connectivity index (χ0n) is 24.5. The lowest BCUT2D eigenvalue weighted by Gasteiger charge is -2.26. The van der Waals surface area contributed by atoms with E-state index < -0.39 is 23.4 Å². The van der Waals surface area contributed by atoms with E-state index in [4.69, 9.17) is 9.47 Å². The van der Waals surface area contributed by atoms with Crippen LogP contribution in [0.4, 0.5) is 0 Å². The van der Waals surface area contributed by atoms with E-state index >= 15 is 0 Å². The molecule has 1 aromatic carbocycles. The van der Waals surface area contributed by atoms with E-state index in [0.717, 1.165) is 5.56 Å². The monoisotopic (exact) mass is 579 g/mol. The lowest BCUT2D eigenvalue weighted by atomic mass is 10.0. The van der Waals surface area contributed by atoms with Crippen molar-refractivity contribution in [2.45, 2.75) is 46.7 Å². The van der Waals surface area contributed by atoms with Crippen LogP contribution in [-0.2, 0) is 27.3 Å². The predicted molar refractivity (Wildman–Crippen MR) is 154 cm³/mol. The minimum absolute atomic E-state index is 0.0306. The Kier molecular flexibility index (Phi) is 9.60. The normalized spacial score (nSPS) is 16.6. The molecule has 0 fully saturated rings. The highest BCUT2D eigenvalue weighted by molar-refractivity contribution is 5.90. The van der Waals surface area contributed by atoms with Crippen LogP contribution in [0.3, 0.4) is 0 Å². The van der Waals surface area contributed by atoms with Crippen LogP contribution in [0.5, 0.6) is 11.5 Å². The number of aryl methyl sites for hydroxylation is 2. The van der Waals surface area contributed by atoms with E-state index in [9.17, 15) is 19.2 Å². The number of amides is 3. The van der Waals surface area contributed by atoms with Gasteiger partial charge in [-0.3, -0.25) is 19.2 Å². The van der Waals surface area contributed by atoms with E-state index in [0.29, 0.717) is 41.9 Å². The van der Waals surface area contributed by atoms with Gasteiger partial charge < -0.3 is 34.6 Å². The minimum atomic E-state index is -0.811. The maximum Gasteiger partial charge on any atom is 0.254 e. The van der Waals surface area contributed by atoms with Crippen LogP contribution in [0.25, 0.3) is 11.4 Å². The number of carbonyl (C=O) groups excluding carboxylic acids is 3. The number of imidazole rings is 1. The van der Waals surface area contributed by atoms with Crippen molar-refractivity contribution in [2.75, 3.05) is 33.4 Å². The van der Waals surface area contributed by atoms with Gasteiger partial charge in [0.25, 0.3) is 5.56 Å². The molecule has 3 heterocycles. The first kappa shape index (κ1) is 30.3. The van der Waals surface area contributed by atoms with Gasteiger partial charge >= 0.3 is 0 Å². The Balaban J connectivity index is 1.65. The molecule has 0 saturated carbocycles. The van der Waals surface area contributed by atoms with Gasteiger partial charge in [-0.05, 0) is 38.0 Å². The number of benzene rings is 1. The molecule has 1 aliphatic heterocycles. The highest BCUT2D eigenvalue weighted by atomic mass is 16.5. The van der Waals surface area contributed by atoms with Crippen LogP contribution in [0.2, 0.25) is 0 Å². The van der Waals surface area contributed by atoms with E-state index in [1.807, 2.05) is 30.7 Å². The van der Waals surface area contributed by atoms with Gasteiger partial charge in [-0.15, -0.1) is 0 Å². The number of hydrogen-bond acceptors (Lipinski definition) is 8. The van der Waals surface area contributed by atoms with Crippen molar-refractivity contribution in [3.63, 3.8) is 0 Å². The molecule has 42 heavy (non-hydrogen) atoms. The van der Waals surface area contributed by atoms with Crippen molar-refractivity contribution in [1.82, 2.24) is 35.1 Å². The van der Waals surface area contributed by atoms with Crippen molar-refractivity contribution in [1.29, 1.82) is 0 Å². The van der Waals surface area contributed by atoms with Crippen LogP contribution in [0, 0.1) is 19.8 Å². The van der Waals surface area contributed by atoms with Crippen LogP contribution in [-0.4, -0.2) is 81.5 Å². The van der Waals surface area contributed by atoms with Gasteiger partial charge in [-0.25, -0.2) is 9.97 Å². The number of carbonyl (C=O) groups is 3. The average molecular weight is 580 g/mol. The molecular weight excluding hydrogens is 542 g/mol. The van der Waals surface area contributed by atoms with Gasteiger partial charge in [0.05, 0.1) is 26.6 Å². The molecule has 13 nitrogen and oxygen atoms in total. The van der Waals surface area contributed by atoms with Crippen LogP contribution in [0.1, 0.15) is 30.9 Å². The van der Waals surface area contributed by atoms with Crippen molar-refractivity contribution >= 4 is 17.7 Å². The standard InChI is InChI=1S/C29H37N7O6/c1-17(2)26-29(40)31-9-11-35-10-8-30-27(35)20-6-7-22(41-5)23(14-20)42-13-12-36(16-24(37)34-26)25(38)15-21-18(3)32-19(4)33-28(21)39/h6-8,10,14,17,26H,9,11-13,15-16H2,1-5H3,(H,31,40)(H,34,37)(H,32,33,39)/t26-/m1/s1. The number of rotatable bonds is 4. The number of ether oxygens (including phenoxy) is 2. The summed E-state index contributed by atoms with van der Waals surface area (Å²) < 4.78 is 13.4. The number of fused-ring (bicyclic) bond motifs is 4. The van der Waals surface area contributed by atoms with E-state index in [-0.39, 0.29) is 43.5 Å². The van der Waals surface area contributed by atoms with Crippen LogP contribution >= 0.6 is 0 Å². The highest BCUT2D eigenvalue weighted by Gasteiger charge is 2.27. The summed E-state index contributed by atoms with van der Waals surface area (Å²) in [7, 11) is 1.53. The third kappa shape index (κ3) is 7.14. The number of nitrogens with zero attached hydrogens (tertiary/aromatic N) is 4. The number of H-pyrrole nitrogens is 1. The van der Waals surface area contributed by atoms with Crippen molar-refractivity contribution < 1.29 is 23.9 Å². The van der Waals surface area contributed by atoms with E-state index in [1.165, 1.54) is 12.0 Å². The first-order chi connectivity index (χ1) is 20.1.